The highest BCUT2D eigenvalue weighted by Crippen LogP contribution is 2.40. The summed E-state index contributed by atoms with van der Waals surface area (Å²) < 4.78 is 33.5. The maximum absolute atomic E-state index is 13.4. The van der Waals surface area contributed by atoms with Gasteiger partial charge in [0, 0.05) is 23.1 Å². The van der Waals surface area contributed by atoms with E-state index in [-0.39, 0.29) is 28.7 Å². The molecule has 8 nitrogen and oxygen atoms in total. The predicted octanol–water partition coefficient (Wildman–Crippen LogP) is 6.00. The first-order valence-electron chi connectivity index (χ1n) is 10.1. The van der Waals surface area contributed by atoms with E-state index in [1.54, 1.807) is 25.1 Å². The van der Waals surface area contributed by atoms with E-state index < -0.39 is 23.8 Å². The average Bonchev–Trinajstić information content (AvgIpc) is 3.50. The number of non-ortho nitro benzene ring substituents is 1. The molecule has 0 bridgehead atoms. The van der Waals surface area contributed by atoms with Gasteiger partial charge in [-0.15, -0.1) is 0 Å². The molecule has 1 saturated carbocycles. The fraction of sp³-hybridized carbons (Fsp3) is 0.273. The number of rotatable bonds is 8. The average molecular weight is 477 g/mol. The molecule has 3 aromatic rings. The molecule has 2 aromatic carbocycles. The molecule has 0 atom stereocenters. The monoisotopic (exact) mass is 476 g/mol. The van der Waals surface area contributed by atoms with Crippen molar-refractivity contribution < 1.29 is 23.2 Å². The molecule has 0 unspecified atom stereocenters. The third kappa shape index (κ3) is 5.46. The first-order chi connectivity index (χ1) is 15.7. The van der Waals surface area contributed by atoms with E-state index in [2.05, 4.69) is 10.4 Å². The minimum absolute atomic E-state index is 0.0870. The zero-order valence-corrected chi connectivity index (χ0v) is 18.2. The number of alkyl halides is 2. The van der Waals surface area contributed by atoms with Crippen molar-refractivity contribution in [3.8, 4) is 11.5 Å². The van der Waals surface area contributed by atoms with Crippen molar-refractivity contribution in [3.05, 3.63) is 74.6 Å². The van der Waals surface area contributed by atoms with Crippen LogP contribution in [0.2, 0.25) is 5.02 Å². The van der Waals surface area contributed by atoms with Gasteiger partial charge in [0.2, 0.25) is 5.91 Å². The summed E-state index contributed by atoms with van der Waals surface area (Å²) in [6.45, 7) is 1.31. The maximum atomic E-state index is 13.4. The number of carbonyl (C=O) groups excluding carboxylic acids is 1. The Labute approximate surface area is 192 Å². The van der Waals surface area contributed by atoms with Crippen LogP contribution < -0.4 is 10.1 Å². The van der Waals surface area contributed by atoms with Crippen LogP contribution in [0.25, 0.3) is 0 Å². The lowest BCUT2D eigenvalue weighted by molar-refractivity contribution is -0.384. The van der Waals surface area contributed by atoms with Gasteiger partial charge in [0.25, 0.3) is 12.1 Å². The van der Waals surface area contributed by atoms with Gasteiger partial charge in [-0.1, -0.05) is 11.6 Å². The first kappa shape index (κ1) is 22.7. The molecule has 1 amide bonds. The van der Waals surface area contributed by atoms with E-state index in [4.69, 9.17) is 16.3 Å². The standard InChI is InChI=1S/C22H19ClF2N4O4/c1-12-6-14(23)4-5-20(12)33-17-8-15(7-16(9-17)29(31)32)26-21(30)11-28-19(22(24)25)10-18(27-28)13-2-3-13/h4-10,13,22H,2-3,11H2,1H3,(H,26,30). The van der Waals surface area contributed by atoms with E-state index in [0.717, 1.165) is 23.6 Å². The molecule has 11 heteroatoms. The van der Waals surface area contributed by atoms with Gasteiger partial charge in [-0.05, 0) is 49.6 Å². The quantitative estimate of drug-likeness (QED) is 0.317. The molecule has 0 aliphatic heterocycles. The number of hydrogen-bond donors (Lipinski definition) is 1. The van der Waals surface area contributed by atoms with Crippen molar-refractivity contribution in [2.24, 2.45) is 0 Å². The second kappa shape index (κ2) is 9.14. The van der Waals surface area contributed by atoms with Crippen molar-refractivity contribution in [1.82, 2.24) is 9.78 Å². The second-order valence-corrected chi connectivity index (χ2v) is 8.20. The second-order valence-electron chi connectivity index (χ2n) is 7.76. The van der Waals surface area contributed by atoms with Gasteiger partial charge in [0.1, 0.15) is 23.7 Å². The highest BCUT2D eigenvalue weighted by atomic mass is 35.5. The van der Waals surface area contributed by atoms with Crippen molar-refractivity contribution in [2.45, 2.75) is 38.7 Å². The van der Waals surface area contributed by atoms with Gasteiger partial charge in [-0.2, -0.15) is 5.10 Å². The van der Waals surface area contributed by atoms with E-state index >= 15 is 0 Å². The lowest BCUT2D eigenvalue weighted by Crippen LogP contribution is -2.21. The van der Waals surface area contributed by atoms with Crippen molar-refractivity contribution in [2.75, 3.05) is 5.32 Å². The van der Waals surface area contributed by atoms with Crippen molar-refractivity contribution >= 4 is 28.9 Å². The van der Waals surface area contributed by atoms with Crippen LogP contribution in [0.3, 0.4) is 0 Å². The summed E-state index contributed by atoms with van der Waals surface area (Å²) in [4.78, 5) is 23.3. The highest BCUT2D eigenvalue weighted by molar-refractivity contribution is 6.30. The molecule has 0 spiro atoms. The number of amides is 1. The molecule has 1 N–H and O–H groups in total. The number of halogens is 3. The smallest absolute Gasteiger partial charge is 0.280 e. The molecule has 1 heterocycles. The number of nitro groups is 1. The van der Waals surface area contributed by atoms with Gasteiger partial charge in [0.05, 0.1) is 22.4 Å². The zero-order valence-electron chi connectivity index (χ0n) is 17.4. The topological polar surface area (TPSA) is 99.3 Å². The number of nitro benzene ring substituents is 1. The fourth-order valence-electron chi connectivity index (χ4n) is 3.34. The summed E-state index contributed by atoms with van der Waals surface area (Å²) in [6, 6.07) is 10.0. The van der Waals surface area contributed by atoms with Crippen LogP contribution in [0.15, 0.2) is 42.5 Å². The SMILES string of the molecule is Cc1cc(Cl)ccc1Oc1cc(NC(=O)Cn2nc(C3CC3)cc2C(F)F)cc([N+](=O)[O-])c1. The third-order valence-corrected chi connectivity index (χ3v) is 5.33. The van der Waals surface area contributed by atoms with Crippen LogP contribution in [0.5, 0.6) is 11.5 Å². The van der Waals surface area contributed by atoms with Crippen LogP contribution in [-0.4, -0.2) is 20.6 Å². The Hall–Kier alpha value is -3.53. The van der Waals surface area contributed by atoms with Crippen LogP contribution in [0, 0.1) is 17.0 Å². The maximum Gasteiger partial charge on any atom is 0.280 e. The molecule has 4 rings (SSSR count). The number of nitrogens with one attached hydrogen (secondary N) is 1. The number of nitrogens with zero attached hydrogens (tertiary/aromatic N) is 3. The van der Waals surface area contributed by atoms with Gasteiger partial charge in [-0.3, -0.25) is 19.6 Å². The zero-order chi connectivity index (χ0) is 23.7. The largest absolute Gasteiger partial charge is 0.457 e. The Morgan fingerprint density at radius 3 is 2.70 bits per heavy atom. The number of aromatic nitrogens is 2. The lowest BCUT2D eigenvalue weighted by Gasteiger charge is -2.12. The third-order valence-electron chi connectivity index (χ3n) is 5.09. The number of hydrogen-bond acceptors (Lipinski definition) is 5. The molecule has 33 heavy (non-hydrogen) atoms. The minimum Gasteiger partial charge on any atom is -0.457 e. The number of carbonyl (C=O) groups is 1. The number of benzene rings is 2. The Morgan fingerprint density at radius 2 is 2.06 bits per heavy atom. The van der Waals surface area contributed by atoms with E-state index in [1.807, 2.05) is 0 Å². The summed E-state index contributed by atoms with van der Waals surface area (Å²) >= 11 is 5.94. The summed E-state index contributed by atoms with van der Waals surface area (Å²) in [5, 5.41) is 18.5. The van der Waals surface area contributed by atoms with Crippen LogP contribution in [0.1, 0.15) is 42.1 Å². The van der Waals surface area contributed by atoms with Crippen LogP contribution in [0.4, 0.5) is 20.2 Å². The molecule has 1 fully saturated rings. The molecule has 1 aliphatic carbocycles. The molecular weight excluding hydrogens is 458 g/mol. The highest BCUT2D eigenvalue weighted by Gasteiger charge is 2.29. The number of ether oxygens (including phenoxy) is 1. The molecule has 1 aromatic heterocycles. The lowest BCUT2D eigenvalue weighted by atomic mass is 10.2. The first-order valence-corrected chi connectivity index (χ1v) is 10.5. The minimum atomic E-state index is -2.78. The Balaban J connectivity index is 1.54. The Morgan fingerprint density at radius 1 is 1.30 bits per heavy atom. The number of aryl methyl sites for hydroxylation is 1. The summed E-state index contributed by atoms with van der Waals surface area (Å²) in [7, 11) is 0. The van der Waals surface area contributed by atoms with Crippen molar-refractivity contribution in [1.29, 1.82) is 0 Å². The Bertz CT molecular complexity index is 1230. The normalized spacial score (nSPS) is 13.2. The fourth-order valence-corrected chi connectivity index (χ4v) is 3.57. The molecular formula is C22H19ClF2N4O4. The molecule has 0 radical (unpaired) electrons. The van der Waals surface area contributed by atoms with Gasteiger partial charge in [0.15, 0.2) is 0 Å². The van der Waals surface area contributed by atoms with E-state index in [1.165, 1.54) is 18.2 Å². The van der Waals surface area contributed by atoms with E-state index in [0.29, 0.717) is 22.0 Å². The van der Waals surface area contributed by atoms with Gasteiger partial charge < -0.3 is 10.1 Å². The number of anilines is 1. The molecule has 0 saturated heterocycles. The summed E-state index contributed by atoms with van der Waals surface area (Å²) in [6.07, 6.45) is -1.01. The predicted molar refractivity (Wildman–Crippen MR) is 117 cm³/mol. The van der Waals surface area contributed by atoms with E-state index in [9.17, 15) is 23.7 Å². The summed E-state index contributed by atoms with van der Waals surface area (Å²) in [5.41, 5.74) is 0.696. The van der Waals surface area contributed by atoms with Crippen LogP contribution >= 0.6 is 11.6 Å². The van der Waals surface area contributed by atoms with Crippen LogP contribution in [-0.2, 0) is 11.3 Å². The molecule has 1 aliphatic rings. The Kier molecular flexibility index (Phi) is 6.28. The van der Waals surface area contributed by atoms with Gasteiger partial charge in [-0.25, -0.2) is 8.78 Å². The molecule has 172 valence electrons. The summed E-state index contributed by atoms with van der Waals surface area (Å²) in [5.74, 6) is 0.0484. The van der Waals surface area contributed by atoms with Crippen molar-refractivity contribution in [3.63, 3.8) is 0 Å². The van der Waals surface area contributed by atoms with Gasteiger partial charge >= 0.3 is 0 Å².